The second-order valence-corrected chi connectivity index (χ2v) is 9.20. The molecule has 5 nitrogen and oxygen atoms in total. The Morgan fingerprint density at radius 3 is 2.76 bits per heavy atom. The zero-order chi connectivity index (χ0) is 20.1. The van der Waals surface area contributed by atoms with Gasteiger partial charge in [0.2, 0.25) is 5.91 Å². The molecule has 1 aliphatic carbocycles. The monoisotopic (exact) mass is 405 g/mol. The molecular formula is C22H29F2N3O2. The molecule has 4 aliphatic rings. The summed E-state index contributed by atoms with van der Waals surface area (Å²) in [6, 6.07) is 3.48. The Morgan fingerprint density at radius 1 is 1.17 bits per heavy atom. The first-order chi connectivity index (χ1) is 14.0. The highest BCUT2D eigenvalue weighted by atomic mass is 19.1. The molecule has 3 saturated heterocycles. The molecule has 0 bridgehead atoms. The van der Waals surface area contributed by atoms with Crippen molar-refractivity contribution in [1.82, 2.24) is 9.80 Å². The Morgan fingerprint density at radius 2 is 2.00 bits per heavy atom. The Kier molecular flexibility index (Phi) is 5.08. The van der Waals surface area contributed by atoms with Gasteiger partial charge in [-0.1, -0.05) is 0 Å². The van der Waals surface area contributed by atoms with E-state index in [0.717, 1.165) is 57.5 Å². The number of amides is 1. The lowest BCUT2D eigenvalue weighted by atomic mass is 9.91. The molecule has 1 amide bonds. The number of fused-ring (bicyclic) bond motifs is 1. The standard InChI is InChI=1S/C22H29F2N3O2/c23-15-5-6-18(24)17(8-15)21-19(25)9-16(12-29-21)26-10-14-2-1-7-27(20(14)11-26)22(28)13-3-4-13/h5-6,8,13-14,16,19-21H,1-4,7,9-12,25H2. The number of hydrogen-bond donors (Lipinski definition) is 1. The average Bonchev–Trinajstić information content (AvgIpc) is 3.47. The van der Waals surface area contributed by atoms with Crippen molar-refractivity contribution < 1.29 is 18.3 Å². The zero-order valence-corrected chi connectivity index (χ0v) is 16.6. The number of carbonyl (C=O) groups is 1. The van der Waals surface area contributed by atoms with Gasteiger partial charge in [0.15, 0.2) is 0 Å². The first kappa shape index (κ1) is 19.4. The van der Waals surface area contributed by atoms with E-state index in [1.54, 1.807) is 0 Å². The molecule has 5 rings (SSSR count). The second kappa shape index (κ2) is 7.60. The van der Waals surface area contributed by atoms with Crippen LogP contribution in [0, 0.1) is 23.5 Å². The van der Waals surface area contributed by atoms with Gasteiger partial charge in [-0.05, 0) is 56.2 Å². The van der Waals surface area contributed by atoms with Gasteiger partial charge in [0.1, 0.15) is 17.7 Å². The molecule has 5 atom stereocenters. The summed E-state index contributed by atoms with van der Waals surface area (Å²) in [5.74, 6) is 0.159. The van der Waals surface area contributed by atoms with Crippen LogP contribution in [0.25, 0.3) is 0 Å². The third kappa shape index (κ3) is 3.68. The number of nitrogens with zero attached hydrogens (tertiary/aromatic N) is 2. The molecule has 1 aromatic rings. The number of piperidine rings is 1. The van der Waals surface area contributed by atoms with E-state index in [2.05, 4.69) is 9.80 Å². The smallest absolute Gasteiger partial charge is 0.225 e. The molecule has 0 aromatic heterocycles. The summed E-state index contributed by atoms with van der Waals surface area (Å²) in [4.78, 5) is 17.2. The molecule has 1 saturated carbocycles. The third-order valence-electron chi connectivity index (χ3n) is 7.20. The Hall–Kier alpha value is -1.57. The summed E-state index contributed by atoms with van der Waals surface area (Å²) in [5.41, 5.74) is 6.55. The lowest BCUT2D eigenvalue weighted by molar-refractivity contribution is -0.136. The largest absolute Gasteiger partial charge is 0.370 e. The van der Waals surface area contributed by atoms with E-state index in [4.69, 9.17) is 10.5 Å². The molecular weight excluding hydrogens is 376 g/mol. The molecule has 3 aliphatic heterocycles. The zero-order valence-electron chi connectivity index (χ0n) is 16.6. The lowest BCUT2D eigenvalue weighted by Crippen LogP contribution is -2.51. The van der Waals surface area contributed by atoms with Crippen molar-refractivity contribution in [1.29, 1.82) is 0 Å². The molecule has 5 unspecified atom stereocenters. The molecule has 4 fully saturated rings. The topological polar surface area (TPSA) is 58.8 Å². The molecule has 7 heteroatoms. The van der Waals surface area contributed by atoms with Gasteiger partial charge in [0.25, 0.3) is 0 Å². The quantitative estimate of drug-likeness (QED) is 0.839. The maximum absolute atomic E-state index is 14.2. The van der Waals surface area contributed by atoms with E-state index in [0.29, 0.717) is 30.9 Å². The van der Waals surface area contributed by atoms with Crippen LogP contribution in [0.4, 0.5) is 8.78 Å². The highest BCUT2D eigenvalue weighted by molar-refractivity contribution is 5.81. The summed E-state index contributed by atoms with van der Waals surface area (Å²) in [6.45, 7) is 3.15. The number of nitrogens with two attached hydrogens (primary N) is 1. The molecule has 1 aromatic carbocycles. The fourth-order valence-electron chi connectivity index (χ4n) is 5.50. The van der Waals surface area contributed by atoms with Crippen molar-refractivity contribution in [3.8, 4) is 0 Å². The molecule has 158 valence electrons. The first-order valence-corrected chi connectivity index (χ1v) is 10.9. The second-order valence-electron chi connectivity index (χ2n) is 9.20. The summed E-state index contributed by atoms with van der Waals surface area (Å²) in [5, 5.41) is 0. The van der Waals surface area contributed by atoms with Crippen LogP contribution in [0.15, 0.2) is 18.2 Å². The summed E-state index contributed by atoms with van der Waals surface area (Å²) < 4.78 is 33.7. The first-order valence-electron chi connectivity index (χ1n) is 10.9. The SMILES string of the molecule is NC1CC(N2CC3CCCN(C(=O)C4CC4)C3C2)COC1c1cc(F)ccc1F. The van der Waals surface area contributed by atoms with E-state index >= 15 is 0 Å². The van der Waals surface area contributed by atoms with Crippen LogP contribution in [0.3, 0.4) is 0 Å². The van der Waals surface area contributed by atoms with Crippen LogP contribution < -0.4 is 5.73 Å². The van der Waals surface area contributed by atoms with Crippen LogP contribution in [0.1, 0.15) is 43.8 Å². The number of benzene rings is 1. The van der Waals surface area contributed by atoms with Crippen LogP contribution >= 0.6 is 0 Å². The van der Waals surface area contributed by atoms with E-state index in [9.17, 15) is 13.6 Å². The minimum Gasteiger partial charge on any atom is -0.370 e. The molecule has 0 radical (unpaired) electrons. The normalized spacial score (nSPS) is 35.6. The fourth-order valence-corrected chi connectivity index (χ4v) is 5.50. The summed E-state index contributed by atoms with van der Waals surface area (Å²) in [6.07, 6.45) is 4.37. The van der Waals surface area contributed by atoms with Gasteiger partial charge in [-0.25, -0.2) is 8.78 Å². The van der Waals surface area contributed by atoms with Gasteiger partial charge in [0.05, 0.1) is 6.61 Å². The van der Waals surface area contributed by atoms with E-state index < -0.39 is 23.8 Å². The van der Waals surface area contributed by atoms with Crippen LogP contribution in [0.5, 0.6) is 0 Å². The van der Waals surface area contributed by atoms with Crippen molar-refractivity contribution in [2.24, 2.45) is 17.6 Å². The Balaban J connectivity index is 1.25. The van der Waals surface area contributed by atoms with Crippen LogP contribution in [0.2, 0.25) is 0 Å². The van der Waals surface area contributed by atoms with E-state index in [1.165, 1.54) is 6.07 Å². The fraction of sp³-hybridized carbons (Fsp3) is 0.682. The molecule has 2 N–H and O–H groups in total. The number of rotatable bonds is 3. The van der Waals surface area contributed by atoms with Crippen molar-refractivity contribution in [3.63, 3.8) is 0 Å². The van der Waals surface area contributed by atoms with Gasteiger partial charge >= 0.3 is 0 Å². The maximum Gasteiger partial charge on any atom is 0.225 e. The third-order valence-corrected chi connectivity index (χ3v) is 7.20. The molecule has 0 spiro atoms. The predicted octanol–water partition coefficient (Wildman–Crippen LogP) is 2.45. The Bertz CT molecular complexity index is 787. The van der Waals surface area contributed by atoms with Crippen molar-refractivity contribution in [2.45, 2.75) is 56.3 Å². The van der Waals surface area contributed by atoms with Gasteiger partial charge in [-0.2, -0.15) is 0 Å². The van der Waals surface area contributed by atoms with Gasteiger partial charge in [0, 0.05) is 49.2 Å². The van der Waals surface area contributed by atoms with E-state index in [1.807, 2.05) is 0 Å². The van der Waals surface area contributed by atoms with Crippen molar-refractivity contribution in [2.75, 3.05) is 26.2 Å². The number of carbonyl (C=O) groups excluding carboxylic acids is 1. The summed E-state index contributed by atoms with van der Waals surface area (Å²) in [7, 11) is 0. The van der Waals surface area contributed by atoms with Crippen molar-refractivity contribution >= 4 is 5.91 Å². The van der Waals surface area contributed by atoms with E-state index in [-0.39, 0.29) is 17.5 Å². The highest BCUT2D eigenvalue weighted by Gasteiger charge is 2.46. The number of likely N-dealkylation sites (tertiary alicyclic amines) is 2. The number of ether oxygens (including phenoxy) is 1. The molecule has 3 heterocycles. The molecule has 29 heavy (non-hydrogen) atoms. The lowest BCUT2D eigenvalue weighted by Gasteiger charge is -2.39. The maximum atomic E-state index is 14.2. The van der Waals surface area contributed by atoms with Gasteiger partial charge in [-0.3, -0.25) is 9.69 Å². The summed E-state index contributed by atoms with van der Waals surface area (Å²) >= 11 is 0. The van der Waals surface area contributed by atoms with Crippen LogP contribution in [-0.2, 0) is 9.53 Å². The highest BCUT2D eigenvalue weighted by Crippen LogP contribution is 2.39. The average molecular weight is 405 g/mol. The van der Waals surface area contributed by atoms with Crippen molar-refractivity contribution in [3.05, 3.63) is 35.4 Å². The minimum atomic E-state index is -0.625. The Labute approximate surface area is 170 Å². The number of halogens is 2. The van der Waals surface area contributed by atoms with Gasteiger partial charge < -0.3 is 15.4 Å². The number of hydrogen-bond acceptors (Lipinski definition) is 4. The minimum absolute atomic E-state index is 0.154. The predicted molar refractivity (Wildman–Crippen MR) is 104 cm³/mol. The van der Waals surface area contributed by atoms with Crippen LogP contribution in [-0.4, -0.2) is 60.1 Å². The van der Waals surface area contributed by atoms with Gasteiger partial charge in [-0.15, -0.1) is 0 Å².